The Labute approximate surface area is 82.6 Å². The van der Waals surface area contributed by atoms with Gasteiger partial charge in [0, 0.05) is 14.1 Å². The van der Waals surface area contributed by atoms with E-state index in [-0.39, 0.29) is 5.91 Å². The molecule has 12 heavy (non-hydrogen) atoms. The molecule has 4 heteroatoms. The lowest BCUT2D eigenvalue weighted by Crippen LogP contribution is -2.47. The fraction of sp³-hybridized carbons (Fsp3) is 0.875. The molecule has 0 bridgehead atoms. The van der Waals surface area contributed by atoms with Gasteiger partial charge < -0.3 is 0 Å². The third-order valence-electron chi connectivity index (χ3n) is 1.85. The molecule has 0 aliphatic rings. The second kappa shape index (κ2) is 4.82. The second-order valence-electron chi connectivity index (χ2n) is 3.01. The van der Waals surface area contributed by atoms with Crippen molar-refractivity contribution in [2.45, 2.75) is 31.0 Å². The maximum absolute atomic E-state index is 11.5. The van der Waals surface area contributed by atoms with Crippen LogP contribution in [0, 0.1) is 0 Å². The summed E-state index contributed by atoms with van der Waals surface area (Å²) in [4.78, 5) is 11.5. The Bertz CT molecular complexity index is 155. The maximum Gasteiger partial charge on any atom is 0.251 e. The van der Waals surface area contributed by atoms with Gasteiger partial charge in [-0.1, -0.05) is 29.8 Å². The first kappa shape index (κ1) is 11.9. The van der Waals surface area contributed by atoms with Crippen LogP contribution in [-0.2, 0) is 4.79 Å². The van der Waals surface area contributed by atoms with E-state index < -0.39 is 4.32 Å². The van der Waals surface area contributed by atoms with Crippen molar-refractivity contribution in [3.05, 3.63) is 0 Å². The molecule has 0 saturated carbocycles. The highest BCUT2D eigenvalue weighted by Crippen LogP contribution is 2.26. The van der Waals surface area contributed by atoms with E-state index >= 15 is 0 Å². The van der Waals surface area contributed by atoms with Crippen LogP contribution >= 0.6 is 15.9 Å². The number of nitrogens with one attached hydrogen (secondary N) is 1. The molecule has 0 aromatic rings. The van der Waals surface area contributed by atoms with Crippen molar-refractivity contribution in [1.29, 1.82) is 0 Å². The monoisotopic (exact) mass is 236 g/mol. The predicted molar refractivity (Wildman–Crippen MR) is 54.1 cm³/mol. The number of hydrogen-bond acceptors (Lipinski definition) is 2. The van der Waals surface area contributed by atoms with Crippen LogP contribution in [0.4, 0.5) is 0 Å². The first-order valence-corrected chi connectivity index (χ1v) is 4.93. The van der Waals surface area contributed by atoms with Gasteiger partial charge >= 0.3 is 0 Å². The number of carbonyl (C=O) groups excluding carboxylic acids is 1. The topological polar surface area (TPSA) is 32.3 Å². The molecule has 72 valence electrons. The smallest absolute Gasteiger partial charge is 0.251 e. The van der Waals surface area contributed by atoms with Gasteiger partial charge in [-0.2, -0.15) is 0 Å². The summed E-state index contributed by atoms with van der Waals surface area (Å²) in [5.74, 6) is 0.0255. The molecule has 0 unspecified atom stereocenters. The molecule has 0 fully saturated rings. The zero-order valence-electron chi connectivity index (χ0n) is 8.15. The average molecular weight is 237 g/mol. The molecule has 0 atom stereocenters. The van der Waals surface area contributed by atoms with Gasteiger partial charge in [-0.15, -0.1) is 0 Å². The van der Waals surface area contributed by atoms with E-state index in [9.17, 15) is 4.79 Å². The number of rotatable bonds is 4. The molecule has 3 nitrogen and oxygen atoms in total. The van der Waals surface area contributed by atoms with Gasteiger partial charge in [-0.25, -0.2) is 5.01 Å². The summed E-state index contributed by atoms with van der Waals surface area (Å²) in [5, 5.41) is 1.66. The van der Waals surface area contributed by atoms with Gasteiger partial charge in [-0.3, -0.25) is 10.2 Å². The number of alkyl halides is 1. The second-order valence-corrected chi connectivity index (χ2v) is 4.53. The van der Waals surface area contributed by atoms with Crippen molar-refractivity contribution in [2.24, 2.45) is 0 Å². The first-order valence-electron chi connectivity index (χ1n) is 4.13. The molecule has 0 aromatic heterocycles. The Kier molecular flexibility index (Phi) is 4.78. The zero-order valence-corrected chi connectivity index (χ0v) is 9.73. The Morgan fingerprint density at radius 2 is 1.83 bits per heavy atom. The molecule has 1 amide bonds. The Balaban J connectivity index is 4.22. The number of carbonyl (C=O) groups is 1. The lowest BCUT2D eigenvalue weighted by molar-refractivity contribution is -0.127. The number of hydrogen-bond donors (Lipinski definition) is 1. The average Bonchev–Trinajstić information content (AvgIpc) is 2.02. The molecular formula is C8H17BrN2O. The summed E-state index contributed by atoms with van der Waals surface area (Å²) >= 11 is 3.44. The van der Waals surface area contributed by atoms with E-state index in [2.05, 4.69) is 21.4 Å². The van der Waals surface area contributed by atoms with E-state index in [4.69, 9.17) is 0 Å². The van der Waals surface area contributed by atoms with E-state index in [1.54, 1.807) is 19.1 Å². The third kappa shape index (κ3) is 3.11. The van der Waals surface area contributed by atoms with Crippen molar-refractivity contribution in [1.82, 2.24) is 10.4 Å². The molecule has 0 radical (unpaired) electrons. The van der Waals surface area contributed by atoms with Crippen molar-refractivity contribution in [3.8, 4) is 0 Å². The molecule has 0 spiro atoms. The number of hydrazine groups is 1. The van der Waals surface area contributed by atoms with Gasteiger partial charge in [0.25, 0.3) is 5.91 Å². The van der Waals surface area contributed by atoms with Crippen LogP contribution in [0.15, 0.2) is 0 Å². The molecule has 0 saturated heterocycles. The summed E-state index contributed by atoms with van der Waals surface area (Å²) in [7, 11) is 3.60. The normalized spacial score (nSPS) is 11.8. The highest BCUT2D eigenvalue weighted by Gasteiger charge is 2.31. The van der Waals surface area contributed by atoms with Gasteiger partial charge in [-0.05, 0) is 12.8 Å². The summed E-state index contributed by atoms with van der Waals surface area (Å²) in [5.41, 5.74) is 2.73. The Morgan fingerprint density at radius 1 is 1.42 bits per heavy atom. The minimum absolute atomic E-state index is 0.0255. The molecule has 0 aliphatic carbocycles. The Hall–Kier alpha value is -0.0900. The van der Waals surface area contributed by atoms with Crippen molar-refractivity contribution < 1.29 is 4.79 Å². The number of nitrogens with zero attached hydrogens (tertiary/aromatic N) is 1. The van der Waals surface area contributed by atoms with Crippen molar-refractivity contribution in [3.63, 3.8) is 0 Å². The SMILES string of the molecule is CCC(Br)(CC)C(=O)NN(C)C. The molecule has 0 heterocycles. The van der Waals surface area contributed by atoms with Crippen molar-refractivity contribution >= 4 is 21.8 Å². The summed E-state index contributed by atoms with van der Waals surface area (Å²) in [6, 6.07) is 0. The van der Waals surface area contributed by atoms with Gasteiger partial charge in [0.15, 0.2) is 0 Å². The van der Waals surface area contributed by atoms with Crippen LogP contribution in [0.5, 0.6) is 0 Å². The third-order valence-corrected chi connectivity index (χ3v) is 3.33. The van der Waals surface area contributed by atoms with Crippen LogP contribution in [0.1, 0.15) is 26.7 Å². The predicted octanol–water partition coefficient (Wildman–Crippen LogP) is 1.53. The standard InChI is InChI=1S/C8H17BrN2O/c1-5-8(9,6-2)7(12)10-11(3)4/h5-6H2,1-4H3,(H,10,12). The summed E-state index contributed by atoms with van der Waals surface area (Å²) in [6.07, 6.45) is 1.59. The van der Waals surface area contributed by atoms with Crippen LogP contribution in [0.3, 0.4) is 0 Å². The molecular weight excluding hydrogens is 220 g/mol. The van der Waals surface area contributed by atoms with Crippen LogP contribution in [0.25, 0.3) is 0 Å². The van der Waals surface area contributed by atoms with Crippen LogP contribution in [-0.4, -0.2) is 29.3 Å². The van der Waals surface area contributed by atoms with Gasteiger partial charge in [0.2, 0.25) is 0 Å². The Morgan fingerprint density at radius 3 is 2.08 bits per heavy atom. The molecule has 0 aliphatic heterocycles. The van der Waals surface area contributed by atoms with Crippen molar-refractivity contribution in [2.75, 3.05) is 14.1 Å². The summed E-state index contributed by atoms with van der Waals surface area (Å²) in [6.45, 7) is 3.99. The fourth-order valence-electron chi connectivity index (χ4n) is 0.874. The molecule has 0 rings (SSSR count). The largest absolute Gasteiger partial charge is 0.288 e. The fourth-order valence-corrected chi connectivity index (χ4v) is 0.963. The maximum atomic E-state index is 11.5. The highest BCUT2D eigenvalue weighted by molar-refractivity contribution is 9.10. The molecule has 0 aromatic carbocycles. The van der Waals surface area contributed by atoms with E-state index in [1.165, 1.54) is 0 Å². The van der Waals surface area contributed by atoms with Gasteiger partial charge in [0.05, 0.1) is 0 Å². The minimum atomic E-state index is -0.405. The lowest BCUT2D eigenvalue weighted by Gasteiger charge is -2.25. The van der Waals surface area contributed by atoms with E-state index in [0.717, 1.165) is 12.8 Å². The summed E-state index contributed by atoms with van der Waals surface area (Å²) < 4.78 is -0.405. The van der Waals surface area contributed by atoms with Crippen LogP contribution in [0.2, 0.25) is 0 Å². The van der Waals surface area contributed by atoms with Crippen LogP contribution < -0.4 is 5.43 Å². The zero-order chi connectivity index (χ0) is 9.78. The first-order chi connectivity index (χ1) is 5.46. The number of halogens is 1. The highest BCUT2D eigenvalue weighted by atomic mass is 79.9. The lowest BCUT2D eigenvalue weighted by atomic mass is 10.0. The van der Waals surface area contributed by atoms with E-state index in [1.807, 2.05) is 13.8 Å². The quantitative estimate of drug-likeness (QED) is 0.594. The minimum Gasteiger partial charge on any atom is -0.288 e. The van der Waals surface area contributed by atoms with E-state index in [0.29, 0.717) is 0 Å². The number of amides is 1. The molecule has 1 N–H and O–H groups in total. The van der Waals surface area contributed by atoms with Gasteiger partial charge in [0.1, 0.15) is 4.32 Å².